The number of nitrogens with zero attached hydrogens (tertiary/aromatic N) is 5. The smallest absolute Gasteiger partial charge is 0.320 e. The zero-order valence-electron chi connectivity index (χ0n) is 16.8. The quantitative estimate of drug-likeness (QED) is 0.441. The van der Waals surface area contributed by atoms with Crippen LogP contribution in [0.5, 0.6) is 12.0 Å². The maximum atomic E-state index is 12.6. The number of hydrogen-bond acceptors (Lipinski definition) is 8. The monoisotopic (exact) mass is 410 g/mol. The summed E-state index contributed by atoms with van der Waals surface area (Å²) in [5.74, 6) is -0.474. The molecule has 2 amide bonds. The highest BCUT2D eigenvalue weighted by molar-refractivity contribution is 6.21. The Bertz CT molecular complexity index is 1090. The van der Waals surface area contributed by atoms with Crippen LogP contribution in [0.2, 0.25) is 0 Å². The standard InChI is InChI=1S/C20H22N6O4/c1-3-4-11-30-19-23-15(21)14-16(24-19)25(20(22-14)29-2)9-10-26-17(27)12-7-5-6-8-13(12)18(26)28/h5-8H,3-4,9-11H2,1-2H3,(H2,21,23,24). The van der Waals surface area contributed by atoms with Crippen molar-refractivity contribution in [3.05, 3.63) is 35.4 Å². The molecule has 4 rings (SSSR count). The summed E-state index contributed by atoms with van der Waals surface area (Å²) in [6.45, 7) is 2.89. The number of fused-ring (bicyclic) bond motifs is 2. The molecule has 1 aliphatic heterocycles. The fraction of sp³-hybridized carbons (Fsp3) is 0.350. The van der Waals surface area contributed by atoms with Gasteiger partial charge in [0, 0.05) is 13.1 Å². The van der Waals surface area contributed by atoms with Gasteiger partial charge in [0.1, 0.15) is 0 Å². The zero-order chi connectivity index (χ0) is 21.3. The van der Waals surface area contributed by atoms with Gasteiger partial charge in [0.25, 0.3) is 17.8 Å². The van der Waals surface area contributed by atoms with Crippen molar-refractivity contribution in [2.45, 2.75) is 26.3 Å². The van der Waals surface area contributed by atoms with Crippen LogP contribution in [0.3, 0.4) is 0 Å². The molecule has 3 aromatic rings. The molecule has 30 heavy (non-hydrogen) atoms. The molecule has 0 atom stereocenters. The van der Waals surface area contributed by atoms with Crippen LogP contribution >= 0.6 is 0 Å². The van der Waals surface area contributed by atoms with Crippen molar-refractivity contribution in [1.82, 2.24) is 24.4 Å². The van der Waals surface area contributed by atoms with Crippen molar-refractivity contribution in [2.75, 3.05) is 26.0 Å². The molecule has 156 valence electrons. The lowest BCUT2D eigenvalue weighted by atomic mass is 10.1. The Balaban J connectivity index is 1.62. The van der Waals surface area contributed by atoms with Crippen molar-refractivity contribution in [2.24, 2.45) is 0 Å². The van der Waals surface area contributed by atoms with Crippen molar-refractivity contribution in [1.29, 1.82) is 0 Å². The molecular weight excluding hydrogens is 388 g/mol. The van der Waals surface area contributed by atoms with E-state index in [1.165, 1.54) is 12.0 Å². The summed E-state index contributed by atoms with van der Waals surface area (Å²) < 4.78 is 12.6. The number of rotatable bonds is 8. The highest BCUT2D eigenvalue weighted by Crippen LogP contribution is 2.27. The van der Waals surface area contributed by atoms with E-state index < -0.39 is 0 Å². The van der Waals surface area contributed by atoms with Crippen LogP contribution in [0.1, 0.15) is 40.5 Å². The molecule has 1 aliphatic rings. The molecular formula is C20H22N6O4. The number of hydrogen-bond donors (Lipinski definition) is 1. The molecule has 0 unspecified atom stereocenters. The molecule has 0 fully saturated rings. The number of aromatic nitrogens is 4. The third kappa shape index (κ3) is 3.30. The number of unbranched alkanes of at least 4 members (excludes halogenated alkanes) is 1. The third-order valence-electron chi connectivity index (χ3n) is 4.90. The second-order valence-electron chi connectivity index (χ2n) is 6.82. The molecule has 0 spiro atoms. The fourth-order valence-electron chi connectivity index (χ4n) is 3.35. The number of imidazole rings is 1. The summed E-state index contributed by atoms with van der Waals surface area (Å²) in [4.78, 5) is 39.4. The van der Waals surface area contributed by atoms with Gasteiger partial charge in [-0.15, -0.1) is 0 Å². The molecule has 2 N–H and O–H groups in total. The van der Waals surface area contributed by atoms with Crippen LogP contribution in [0.4, 0.5) is 5.82 Å². The van der Waals surface area contributed by atoms with E-state index in [9.17, 15) is 9.59 Å². The van der Waals surface area contributed by atoms with E-state index in [-0.39, 0.29) is 42.7 Å². The van der Waals surface area contributed by atoms with E-state index in [4.69, 9.17) is 15.2 Å². The van der Waals surface area contributed by atoms with Gasteiger partial charge in [-0.25, -0.2) is 0 Å². The number of carbonyl (C=O) groups is 2. The number of anilines is 1. The Kier molecular flexibility index (Phi) is 5.21. The van der Waals surface area contributed by atoms with Crippen molar-refractivity contribution in [3.63, 3.8) is 0 Å². The lowest BCUT2D eigenvalue weighted by Crippen LogP contribution is -2.33. The Labute approximate surface area is 172 Å². The van der Waals surface area contributed by atoms with Gasteiger partial charge in [0.05, 0.1) is 24.8 Å². The predicted molar refractivity (Wildman–Crippen MR) is 108 cm³/mol. The summed E-state index contributed by atoms with van der Waals surface area (Å²) >= 11 is 0. The predicted octanol–water partition coefficient (Wildman–Crippen LogP) is 1.89. The number of carbonyl (C=O) groups excluding carboxylic acids is 2. The number of imide groups is 1. The highest BCUT2D eigenvalue weighted by atomic mass is 16.5. The van der Waals surface area contributed by atoms with Gasteiger partial charge in [-0.1, -0.05) is 25.5 Å². The van der Waals surface area contributed by atoms with Crippen LogP contribution in [0, 0.1) is 0 Å². The average Bonchev–Trinajstić information content (AvgIpc) is 3.22. The van der Waals surface area contributed by atoms with Gasteiger partial charge in [-0.05, 0) is 18.6 Å². The number of methoxy groups -OCH3 is 1. The first-order valence-electron chi connectivity index (χ1n) is 9.71. The topological polar surface area (TPSA) is 125 Å². The molecule has 1 aromatic carbocycles. The molecule has 3 heterocycles. The maximum Gasteiger partial charge on any atom is 0.320 e. The summed E-state index contributed by atoms with van der Waals surface area (Å²) in [6, 6.07) is 7.18. The van der Waals surface area contributed by atoms with Gasteiger partial charge in [0.2, 0.25) is 0 Å². The van der Waals surface area contributed by atoms with Crippen molar-refractivity contribution in [3.8, 4) is 12.0 Å². The van der Waals surface area contributed by atoms with E-state index >= 15 is 0 Å². The van der Waals surface area contributed by atoms with Gasteiger partial charge in [0.15, 0.2) is 17.0 Å². The first-order chi connectivity index (χ1) is 14.5. The van der Waals surface area contributed by atoms with E-state index in [1.807, 2.05) is 0 Å². The van der Waals surface area contributed by atoms with E-state index in [0.29, 0.717) is 28.9 Å². The van der Waals surface area contributed by atoms with Gasteiger partial charge >= 0.3 is 6.01 Å². The molecule has 0 saturated heterocycles. The largest absolute Gasteiger partial charge is 0.468 e. The summed E-state index contributed by atoms with van der Waals surface area (Å²) in [5, 5.41) is 0. The van der Waals surface area contributed by atoms with Crippen molar-refractivity contribution < 1.29 is 19.1 Å². The highest BCUT2D eigenvalue weighted by Gasteiger charge is 2.35. The average molecular weight is 410 g/mol. The minimum Gasteiger partial charge on any atom is -0.468 e. The van der Waals surface area contributed by atoms with E-state index in [1.54, 1.807) is 28.8 Å². The maximum absolute atomic E-state index is 12.6. The third-order valence-corrected chi connectivity index (χ3v) is 4.90. The lowest BCUT2D eigenvalue weighted by Gasteiger charge is -2.15. The Morgan fingerprint density at radius 2 is 1.73 bits per heavy atom. The number of nitrogen functional groups attached to an aromatic ring is 1. The first kappa shape index (κ1) is 19.6. The SMILES string of the molecule is CCCCOc1nc(N)c2nc(OC)n(CCN3C(=O)c4ccccc4C3=O)c2n1. The minimum atomic E-state index is -0.322. The zero-order valence-corrected chi connectivity index (χ0v) is 16.8. The van der Waals surface area contributed by atoms with Crippen molar-refractivity contribution >= 4 is 28.8 Å². The van der Waals surface area contributed by atoms with Crippen LogP contribution < -0.4 is 15.2 Å². The number of nitrogens with two attached hydrogens (primary N) is 1. The Morgan fingerprint density at radius 3 is 2.37 bits per heavy atom. The number of ether oxygens (including phenoxy) is 2. The second kappa shape index (κ2) is 7.97. The molecule has 0 aliphatic carbocycles. The molecule has 0 radical (unpaired) electrons. The molecule has 10 nitrogen and oxygen atoms in total. The molecule has 2 aromatic heterocycles. The number of benzene rings is 1. The van der Waals surface area contributed by atoms with Crippen LogP contribution in [-0.2, 0) is 6.54 Å². The molecule has 10 heteroatoms. The Hall–Kier alpha value is -3.69. The minimum absolute atomic E-state index is 0.129. The summed E-state index contributed by atoms with van der Waals surface area (Å²) in [7, 11) is 1.47. The molecule has 0 saturated carbocycles. The Morgan fingerprint density at radius 1 is 1.03 bits per heavy atom. The van der Waals surface area contributed by atoms with Crippen LogP contribution in [0.15, 0.2) is 24.3 Å². The van der Waals surface area contributed by atoms with Gasteiger partial charge < -0.3 is 15.2 Å². The fourth-order valence-corrected chi connectivity index (χ4v) is 3.35. The van der Waals surface area contributed by atoms with Crippen LogP contribution in [0.25, 0.3) is 11.2 Å². The van der Waals surface area contributed by atoms with Crippen LogP contribution in [-0.4, -0.2) is 56.5 Å². The van der Waals surface area contributed by atoms with Gasteiger partial charge in [-0.2, -0.15) is 15.0 Å². The number of amides is 2. The second-order valence-corrected chi connectivity index (χ2v) is 6.82. The molecule has 0 bridgehead atoms. The summed E-state index contributed by atoms with van der Waals surface area (Å²) in [6.07, 6.45) is 1.84. The normalized spacial score (nSPS) is 13.2. The van der Waals surface area contributed by atoms with E-state index in [0.717, 1.165) is 12.8 Å². The van der Waals surface area contributed by atoms with Gasteiger partial charge in [-0.3, -0.25) is 19.1 Å². The van der Waals surface area contributed by atoms with E-state index in [2.05, 4.69) is 21.9 Å². The first-order valence-corrected chi connectivity index (χ1v) is 9.71. The summed E-state index contributed by atoms with van der Waals surface area (Å²) in [5.41, 5.74) is 7.64. The lowest BCUT2D eigenvalue weighted by molar-refractivity contribution is 0.0648.